The van der Waals surface area contributed by atoms with E-state index >= 15 is 0 Å². The molecule has 0 atom stereocenters. The first-order valence-corrected chi connectivity index (χ1v) is 7.25. The van der Waals surface area contributed by atoms with E-state index in [-0.39, 0.29) is 5.41 Å². The topological polar surface area (TPSA) is 35.8 Å². The molecule has 21 heavy (non-hydrogen) atoms. The first-order valence-electron chi connectivity index (χ1n) is 7.25. The van der Waals surface area contributed by atoms with Gasteiger partial charge in [0.15, 0.2) is 0 Å². The summed E-state index contributed by atoms with van der Waals surface area (Å²) in [6.07, 6.45) is 0. The van der Waals surface area contributed by atoms with Crippen LogP contribution in [0, 0.1) is 18.3 Å². The normalized spacial score (nSPS) is 11.0. The highest BCUT2D eigenvalue weighted by atomic mass is 14.9. The molecule has 2 aromatic carbocycles. The summed E-state index contributed by atoms with van der Waals surface area (Å²) in [6.45, 7) is 9.49. The van der Waals surface area contributed by atoms with Crippen molar-refractivity contribution >= 4 is 5.69 Å². The summed E-state index contributed by atoms with van der Waals surface area (Å²) >= 11 is 0. The lowest BCUT2D eigenvalue weighted by molar-refractivity contribution is 0.591. The molecule has 0 amide bonds. The van der Waals surface area contributed by atoms with Gasteiger partial charge in [0.1, 0.15) is 0 Å². The average Bonchev–Trinajstić information content (AvgIpc) is 2.45. The largest absolute Gasteiger partial charge is 0.381 e. The van der Waals surface area contributed by atoms with Crippen molar-refractivity contribution in [3.63, 3.8) is 0 Å². The van der Waals surface area contributed by atoms with Crippen molar-refractivity contribution in [2.75, 3.05) is 5.32 Å². The fourth-order valence-electron chi connectivity index (χ4n) is 2.45. The Balaban J connectivity index is 2.20. The second kappa shape index (κ2) is 6.01. The number of benzene rings is 2. The first-order chi connectivity index (χ1) is 9.91. The van der Waals surface area contributed by atoms with Crippen molar-refractivity contribution in [3.05, 3.63) is 64.7 Å². The van der Waals surface area contributed by atoms with Crippen LogP contribution in [0.15, 0.2) is 42.5 Å². The lowest BCUT2D eigenvalue weighted by Gasteiger charge is -2.23. The minimum Gasteiger partial charge on any atom is -0.381 e. The van der Waals surface area contributed by atoms with Crippen molar-refractivity contribution < 1.29 is 0 Å². The van der Waals surface area contributed by atoms with E-state index in [2.05, 4.69) is 56.4 Å². The second-order valence-corrected chi connectivity index (χ2v) is 6.40. The average molecular weight is 278 g/mol. The molecule has 0 spiro atoms. The van der Waals surface area contributed by atoms with Gasteiger partial charge in [-0.15, -0.1) is 0 Å². The SMILES string of the molecule is Cc1cc(C#N)ccc1CNc1ccccc1C(C)(C)C. The van der Waals surface area contributed by atoms with Gasteiger partial charge in [-0.25, -0.2) is 0 Å². The molecule has 2 rings (SSSR count). The molecule has 0 aromatic heterocycles. The van der Waals surface area contributed by atoms with Crippen LogP contribution in [-0.4, -0.2) is 0 Å². The zero-order valence-corrected chi connectivity index (χ0v) is 13.2. The number of hydrogen-bond acceptors (Lipinski definition) is 2. The van der Waals surface area contributed by atoms with E-state index < -0.39 is 0 Å². The van der Waals surface area contributed by atoms with E-state index in [4.69, 9.17) is 5.26 Å². The predicted molar refractivity (Wildman–Crippen MR) is 88.4 cm³/mol. The molecule has 0 aliphatic carbocycles. The van der Waals surface area contributed by atoms with Gasteiger partial charge in [-0.3, -0.25) is 0 Å². The number of nitriles is 1. The number of hydrogen-bond donors (Lipinski definition) is 1. The minimum atomic E-state index is 0.114. The van der Waals surface area contributed by atoms with Gasteiger partial charge in [0.05, 0.1) is 11.6 Å². The molecule has 0 aliphatic heterocycles. The molecular weight excluding hydrogens is 256 g/mol. The van der Waals surface area contributed by atoms with Gasteiger partial charge >= 0.3 is 0 Å². The van der Waals surface area contributed by atoms with Crippen LogP contribution < -0.4 is 5.32 Å². The maximum atomic E-state index is 8.92. The van der Waals surface area contributed by atoms with Crippen molar-refractivity contribution in [1.82, 2.24) is 0 Å². The van der Waals surface area contributed by atoms with E-state index in [0.29, 0.717) is 5.56 Å². The maximum absolute atomic E-state index is 8.92. The van der Waals surface area contributed by atoms with Gasteiger partial charge in [-0.2, -0.15) is 5.26 Å². The Bertz CT molecular complexity index is 673. The van der Waals surface area contributed by atoms with Crippen LogP contribution in [-0.2, 0) is 12.0 Å². The quantitative estimate of drug-likeness (QED) is 0.877. The van der Waals surface area contributed by atoms with E-state index in [9.17, 15) is 0 Å². The molecule has 0 radical (unpaired) electrons. The van der Waals surface area contributed by atoms with E-state index in [1.807, 2.05) is 25.1 Å². The first kappa shape index (κ1) is 15.1. The monoisotopic (exact) mass is 278 g/mol. The van der Waals surface area contributed by atoms with Crippen LogP contribution in [0.2, 0.25) is 0 Å². The number of nitrogens with zero attached hydrogens (tertiary/aromatic N) is 1. The highest BCUT2D eigenvalue weighted by Gasteiger charge is 2.17. The molecule has 0 unspecified atom stereocenters. The fraction of sp³-hybridized carbons (Fsp3) is 0.316. The summed E-state index contributed by atoms with van der Waals surface area (Å²) in [4.78, 5) is 0. The minimum absolute atomic E-state index is 0.114. The van der Waals surface area contributed by atoms with E-state index in [1.165, 1.54) is 16.8 Å². The van der Waals surface area contributed by atoms with Crippen LogP contribution in [0.4, 0.5) is 5.69 Å². The lowest BCUT2D eigenvalue weighted by atomic mass is 9.86. The third kappa shape index (κ3) is 3.64. The lowest BCUT2D eigenvalue weighted by Crippen LogP contribution is -2.15. The van der Waals surface area contributed by atoms with E-state index in [1.54, 1.807) is 0 Å². The Kier molecular flexibility index (Phi) is 4.33. The third-order valence-corrected chi connectivity index (χ3v) is 3.68. The van der Waals surface area contributed by atoms with Crippen LogP contribution >= 0.6 is 0 Å². The maximum Gasteiger partial charge on any atom is 0.0991 e. The summed E-state index contributed by atoms with van der Waals surface area (Å²) < 4.78 is 0. The molecule has 1 N–H and O–H groups in total. The zero-order chi connectivity index (χ0) is 15.5. The predicted octanol–water partition coefficient (Wildman–Crippen LogP) is 4.78. The zero-order valence-electron chi connectivity index (χ0n) is 13.2. The Morgan fingerprint density at radius 1 is 1.10 bits per heavy atom. The van der Waals surface area contributed by atoms with Crippen molar-refractivity contribution in [2.24, 2.45) is 0 Å². The van der Waals surface area contributed by atoms with Gasteiger partial charge in [-0.1, -0.05) is 45.0 Å². The van der Waals surface area contributed by atoms with Gasteiger partial charge in [0, 0.05) is 12.2 Å². The molecule has 2 nitrogen and oxygen atoms in total. The van der Waals surface area contributed by atoms with Gasteiger partial charge in [-0.05, 0) is 47.2 Å². The Morgan fingerprint density at radius 2 is 1.81 bits per heavy atom. The standard InChI is InChI=1S/C19H22N2/c1-14-11-15(12-20)9-10-16(14)13-21-18-8-6-5-7-17(18)19(2,3)4/h5-11,21H,13H2,1-4H3. The molecule has 0 fully saturated rings. The molecule has 0 saturated heterocycles. The molecule has 0 bridgehead atoms. The smallest absolute Gasteiger partial charge is 0.0991 e. The summed E-state index contributed by atoms with van der Waals surface area (Å²) in [7, 11) is 0. The van der Waals surface area contributed by atoms with Crippen LogP contribution in [0.3, 0.4) is 0 Å². The molecule has 0 aliphatic rings. The van der Waals surface area contributed by atoms with Crippen molar-refractivity contribution in [2.45, 2.75) is 39.7 Å². The third-order valence-electron chi connectivity index (χ3n) is 3.68. The molecule has 0 saturated carbocycles. The number of anilines is 1. The molecular formula is C19H22N2. The van der Waals surface area contributed by atoms with Crippen LogP contribution in [0.25, 0.3) is 0 Å². The van der Waals surface area contributed by atoms with Crippen molar-refractivity contribution in [3.8, 4) is 6.07 Å². The molecule has 108 valence electrons. The Hall–Kier alpha value is -2.27. The summed E-state index contributed by atoms with van der Waals surface area (Å²) in [6, 6.07) is 16.5. The van der Waals surface area contributed by atoms with Gasteiger partial charge in [0.25, 0.3) is 0 Å². The fourth-order valence-corrected chi connectivity index (χ4v) is 2.45. The molecule has 0 heterocycles. The Morgan fingerprint density at radius 3 is 2.43 bits per heavy atom. The highest BCUT2D eigenvalue weighted by molar-refractivity contribution is 5.54. The van der Waals surface area contributed by atoms with E-state index in [0.717, 1.165) is 12.1 Å². The second-order valence-electron chi connectivity index (χ2n) is 6.40. The summed E-state index contributed by atoms with van der Waals surface area (Å²) in [5, 5.41) is 12.5. The van der Waals surface area contributed by atoms with Crippen molar-refractivity contribution in [1.29, 1.82) is 5.26 Å². The van der Waals surface area contributed by atoms with Crippen LogP contribution in [0.1, 0.15) is 43.0 Å². The summed E-state index contributed by atoms with van der Waals surface area (Å²) in [5.41, 5.74) is 5.69. The Labute approximate surface area is 127 Å². The number of nitrogens with one attached hydrogen (secondary N) is 1. The number of para-hydroxylation sites is 1. The number of rotatable bonds is 3. The van der Waals surface area contributed by atoms with Crippen LogP contribution in [0.5, 0.6) is 0 Å². The van der Waals surface area contributed by atoms with Gasteiger partial charge < -0.3 is 5.32 Å². The molecule has 2 aromatic rings. The summed E-state index contributed by atoms with van der Waals surface area (Å²) in [5.74, 6) is 0. The highest BCUT2D eigenvalue weighted by Crippen LogP contribution is 2.29. The molecule has 2 heteroatoms. The van der Waals surface area contributed by atoms with Gasteiger partial charge in [0.2, 0.25) is 0 Å². The number of aryl methyl sites for hydroxylation is 1.